The molecule has 0 bridgehead atoms. The first-order valence-corrected chi connectivity index (χ1v) is 12.1. The minimum atomic E-state index is -0.523. The van der Waals surface area contributed by atoms with Crippen LogP contribution in [0.5, 0.6) is 0 Å². The van der Waals surface area contributed by atoms with Gasteiger partial charge in [-0.05, 0) is 55.8 Å². The Morgan fingerprint density at radius 1 is 0.971 bits per heavy atom. The number of amides is 1. The molecule has 0 fully saturated rings. The van der Waals surface area contributed by atoms with Crippen molar-refractivity contribution in [3.63, 3.8) is 0 Å². The quantitative estimate of drug-likeness (QED) is 0.269. The molecule has 0 spiro atoms. The zero-order valence-electron chi connectivity index (χ0n) is 20.2. The molecule has 0 aliphatic heterocycles. The summed E-state index contributed by atoms with van der Waals surface area (Å²) in [5.74, 6) is -0.268. The maximum absolute atomic E-state index is 14.0. The Balaban J connectivity index is 1.84. The van der Waals surface area contributed by atoms with Crippen molar-refractivity contribution in [1.29, 1.82) is 0 Å². The van der Waals surface area contributed by atoms with Crippen molar-refractivity contribution in [2.45, 2.75) is 45.6 Å². The molecular weight excluding hydrogens is 441 g/mol. The summed E-state index contributed by atoms with van der Waals surface area (Å²) in [6.07, 6.45) is 3.93. The lowest BCUT2D eigenvalue weighted by Crippen LogP contribution is -2.38. The van der Waals surface area contributed by atoms with Gasteiger partial charge in [0.25, 0.3) is 11.5 Å². The lowest BCUT2D eigenvalue weighted by atomic mass is 10.1. The zero-order chi connectivity index (χ0) is 24.8. The zero-order valence-corrected chi connectivity index (χ0v) is 20.2. The molecule has 4 rings (SSSR count). The first kappa shape index (κ1) is 24.3. The number of halogens is 1. The topological polar surface area (TPSA) is 55.2 Å². The van der Waals surface area contributed by atoms with Crippen molar-refractivity contribution >= 4 is 16.8 Å². The van der Waals surface area contributed by atoms with Gasteiger partial charge in [0, 0.05) is 12.1 Å². The van der Waals surface area contributed by atoms with Crippen LogP contribution in [0.15, 0.2) is 83.7 Å². The van der Waals surface area contributed by atoms with E-state index in [2.05, 4.69) is 6.92 Å². The van der Waals surface area contributed by atoms with E-state index in [9.17, 15) is 14.0 Å². The average molecular weight is 472 g/mol. The lowest BCUT2D eigenvalue weighted by molar-refractivity contribution is 0.0676. The summed E-state index contributed by atoms with van der Waals surface area (Å²) >= 11 is 0. The number of benzene rings is 3. The van der Waals surface area contributed by atoms with Crippen LogP contribution in [0.1, 0.15) is 61.8 Å². The van der Waals surface area contributed by atoms with Crippen LogP contribution in [0, 0.1) is 5.82 Å². The Labute approximate surface area is 204 Å². The number of carbonyl (C=O) groups excluding carboxylic acids is 1. The molecule has 0 N–H and O–H groups in total. The van der Waals surface area contributed by atoms with Gasteiger partial charge in [-0.15, -0.1) is 0 Å². The van der Waals surface area contributed by atoms with E-state index < -0.39 is 11.9 Å². The molecule has 180 valence electrons. The molecule has 1 amide bonds. The van der Waals surface area contributed by atoms with Gasteiger partial charge in [-0.2, -0.15) is 0 Å². The number of nitrogens with zero attached hydrogens (tertiary/aromatic N) is 3. The molecule has 1 atom stereocenters. The molecule has 6 heteroatoms. The molecule has 0 radical (unpaired) electrons. The largest absolute Gasteiger partial charge is 0.329 e. The van der Waals surface area contributed by atoms with E-state index in [1.165, 1.54) is 18.2 Å². The van der Waals surface area contributed by atoms with Crippen molar-refractivity contribution in [3.05, 3.63) is 106 Å². The Hall–Kier alpha value is -3.80. The third kappa shape index (κ3) is 5.32. The van der Waals surface area contributed by atoms with Gasteiger partial charge in [-0.1, -0.05) is 62.6 Å². The maximum atomic E-state index is 14.0. The molecule has 0 saturated heterocycles. The number of hydrogen-bond donors (Lipinski definition) is 0. The lowest BCUT2D eigenvalue weighted by Gasteiger charge is -2.31. The number of para-hydroxylation sites is 2. The molecule has 1 heterocycles. The molecule has 1 unspecified atom stereocenters. The summed E-state index contributed by atoms with van der Waals surface area (Å²) in [7, 11) is 0. The summed E-state index contributed by atoms with van der Waals surface area (Å²) in [5.41, 5.74) is 1.35. The van der Waals surface area contributed by atoms with Gasteiger partial charge in [-0.3, -0.25) is 14.2 Å². The van der Waals surface area contributed by atoms with Crippen LogP contribution < -0.4 is 5.56 Å². The molecule has 5 nitrogen and oxygen atoms in total. The number of aromatic nitrogens is 2. The molecule has 0 aliphatic carbocycles. The summed E-state index contributed by atoms with van der Waals surface area (Å²) in [5, 5.41) is 0.512. The van der Waals surface area contributed by atoms with Crippen LogP contribution in [0.2, 0.25) is 0 Å². The van der Waals surface area contributed by atoms with Gasteiger partial charge in [0.1, 0.15) is 11.6 Å². The first-order chi connectivity index (χ1) is 17.0. The van der Waals surface area contributed by atoms with Gasteiger partial charge in [0.05, 0.1) is 22.6 Å². The van der Waals surface area contributed by atoms with E-state index in [1.807, 2.05) is 55.5 Å². The summed E-state index contributed by atoms with van der Waals surface area (Å²) in [6, 6.07) is 21.8. The van der Waals surface area contributed by atoms with Gasteiger partial charge in [-0.25, -0.2) is 9.37 Å². The standard InChI is InChI=1S/C29H30FN3O2/c1-3-4-5-11-19-32(28(34)22-13-12-14-23(30)20-22)21(2)27-31-26-18-10-9-17-25(26)29(35)33(27)24-15-7-6-8-16-24/h6-10,12-18,20-21H,3-5,11,19H2,1-2H3. The highest BCUT2D eigenvalue weighted by atomic mass is 19.1. The third-order valence-corrected chi connectivity index (χ3v) is 6.24. The van der Waals surface area contributed by atoms with Crippen molar-refractivity contribution < 1.29 is 9.18 Å². The molecular formula is C29H30FN3O2. The van der Waals surface area contributed by atoms with E-state index in [0.29, 0.717) is 29.0 Å². The van der Waals surface area contributed by atoms with Gasteiger partial charge in [0.2, 0.25) is 0 Å². The summed E-state index contributed by atoms with van der Waals surface area (Å²) in [4.78, 5) is 33.8. The predicted octanol–water partition coefficient (Wildman–Crippen LogP) is 6.31. The minimum Gasteiger partial charge on any atom is -0.329 e. The number of hydrogen-bond acceptors (Lipinski definition) is 3. The molecule has 35 heavy (non-hydrogen) atoms. The second-order valence-electron chi connectivity index (χ2n) is 8.71. The van der Waals surface area contributed by atoms with Crippen LogP contribution in [0.3, 0.4) is 0 Å². The number of unbranched alkanes of at least 4 members (excludes halogenated alkanes) is 3. The highest BCUT2D eigenvalue weighted by molar-refractivity contribution is 5.94. The van der Waals surface area contributed by atoms with Crippen molar-refractivity contribution in [3.8, 4) is 5.69 Å². The van der Waals surface area contributed by atoms with Gasteiger partial charge >= 0.3 is 0 Å². The van der Waals surface area contributed by atoms with Gasteiger partial charge in [0.15, 0.2) is 0 Å². The number of carbonyl (C=O) groups is 1. The van der Waals surface area contributed by atoms with E-state index in [-0.39, 0.29) is 17.0 Å². The highest BCUT2D eigenvalue weighted by Crippen LogP contribution is 2.25. The fourth-order valence-corrected chi connectivity index (χ4v) is 4.36. The van der Waals surface area contributed by atoms with Crippen LogP contribution in [0.4, 0.5) is 4.39 Å². The van der Waals surface area contributed by atoms with E-state index >= 15 is 0 Å². The highest BCUT2D eigenvalue weighted by Gasteiger charge is 2.27. The predicted molar refractivity (Wildman–Crippen MR) is 137 cm³/mol. The van der Waals surface area contributed by atoms with Crippen molar-refractivity contribution in [2.75, 3.05) is 6.54 Å². The van der Waals surface area contributed by atoms with Crippen LogP contribution in [0.25, 0.3) is 16.6 Å². The van der Waals surface area contributed by atoms with Crippen molar-refractivity contribution in [1.82, 2.24) is 14.5 Å². The maximum Gasteiger partial charge on any atom is 0.266 e. The Kier molecular flexibility index (Phi) is 7.70. The second kappa shape index (κ2) is 11.1. The monoisotopic (exact) mass is 471 g/mol. The van der Waals surface area contributed by atoms with Crippen LogP contribution in [-0.4, -0.2) is 26.9 Å². The Morgan fingerprint density at radius 3 is 2.46 bits per heavy atom. The number of fused-ring (bicyclic) bond motifs is 1. The SMILES string of the molecule is CCCCCCN(C(=O)c1cccc(F)c1)C(C)c1nc2ccccc2c(=O)n1-c1ccccc1. The van der Waals surface area contributed by atoms with E-state index in [1.54, 1.807) is 21.6 Å². The molecule has 1 aromatic heterocycles. The van der Waals surface area contributed by atoms with Crippen molar-refractivity contribution in [2.24, 2.45) is 0 Å². The molecule has 3 aromatic carbocycles. The van der Waals surface area contributed by atoms with E-state index in [4.69, 9.17) is 4.98 Å². The minimum absolute atomic E-state index is 0.187. The smallest absolute Gasteiger partial charge is 0.266 e. The second-order valence-corrected chi connectivity index (χ2v) is 8.71. The number of rotatable bonds is 9. The molecule has 4 aromatic rings. The Bertz CT molecular complexity index is 1370. The third-order valence-electron chi connectivity index (χ3n) is 6.24. The summed E-state index contributed by atoms with van der Waals surface area (Å²) in [6.45, 7) is 4.50. The first-order valence-electron chi connectivity index (χ1n) is 12.1. The molecule has 0 saturated carbocycles. The fourth-order valence-electron chi connectivity index (χ4n) is 4.36. The van der Waals surface area contributed by atoms with Crippen LogP contribution in [-0.2, 0) is 0 Å². The molecule has 0 aliphatic rings. The van der Waals surface area contributed by atoms with Crippen LogP contribution >= 0.6 is 0 Å². The average Bonchev–Trinajstić information content (AvgIpc) is 2.88. The van der Waals surface area contributed by atoms with E-state index in [0.717, 1.165) is 25.7 Å². The van der Waals surface area contributed by atoms with Gasteiger partial charge < -0.3 is 4.90 Å². The normalized spacial score (nSPS) is 12.0. The fraction of sp³-hybridized carbons (Fsp3) is 0.276. The Morgan fingerprint density at radius 2 is 1.71 bits per heavy atom. The summed E-state index contributed by atoms with van der Waals surface area (Å²) < 4.78 is 15.5.